The van der Waals surface area contributed by atoms with Crippen molar-refractivity contribution >= 4 is 0 Å². The second-order valence-corrected chi connectivity index (χ2v) is 3.46. The third kappa shape index (κ3) is 3.34. The van der Waals surface area contributed by atoms with Crippen molar-refractivity contribution in [2.45, 2.75) is 32.2 Å². The summed E-state index contributed by atoms with van der Waals surface area (Å²) in [6.45, 7) is 2.14. The minimum atomic E-state index is 0.246. The quantitative estimate of drug-likeness (QED) is 0.777. The summed E-state index contributed by atoms with van der Waals surface area (Å²) in [5.74, 6) is 0.651. The van der Waals surface area contributed by atoms with Gasteiger partial charge in [0.2, 0.25) is 5.88 Å². The number of pyridine rings is 1. The van der Waals surface area contributed by atoms with Crippen molar-refractivity contribution in [1.82, 2.24) is 4.98 Å². The zero-order chi connectivity index (χ0) is 10.4. The number of hydrogen-bond donors (Lipinski definition) is 1. The number of aromatic nitrogens is 1. The van der Waals surface area contributed by atoms with Crippen LogP contribution in [0.4, 0.5) is 0 Å². The highest BCUT2D eigenvalue weighted by molar-refractivity contribution is 5.18. The van der Waals surface area contributed by atoms with Crippen LogP contribution in [0.5, 0.6) is 5.88 Å². The van der Waals surface area contributed by atoms with Gasteiger partial charge >= 0.3 is 0 Å². The second-order valence-electron chi connectivity index (χ2n) is 3.46. The van der Waals surface area contributed by atoms with E-state index in [9.17, 15) is 0 Å². The molecule has 3 heteroatoms. The summed E-state index contributed by atoms with van der Waals surface area (Å²) in [4.78, 5) is 4.13. The SMILES string of the molecule is CCCC(N)Cc1ccc(OC)nc1. The molecule has 0 fully saturated rings. The molecule has 0 aliphatic heterocycles. The molecular weight excluding hydrogens is 176 g/mol. The van der Waals surface area contributed by atoms with Gasteiger partial charge in [-0.05, 0) is 18.4 Å². The summed E-state index contributed by atoms with van der Waals surface area (Å²) in [7, 11) is 1.62. The Morgan fingerprint density at radius 3 is 2.79 bits per heavy atom. The van der Waals surface area contributed by atoms with Crippen LogP contribution in [0.15, 0.2) is 18.3 Å². The third-order valence-electron chi connectivity index (χ3n) is 2.16. The summed E-state index contributed by atoms with van der Waals surface area (Å²) in [6, 6.07) is 4.13. The summed E-state index contributed by atoms with van der Waals surface area (Å²) in [6.07, 6.45) is 4.91. The van der Waals surface area contributed by atoms with Crippen LogP contribution in [0, 0.1) is 0 Å². The lowest BCUT2D eigenvalue weighted by molar-refractivity contribution is 0.397. The fourth-order valence-electron chi connectivity index (χ4n) is 1.43. The monoisotopic (exact) mass is 194 g/mol. The van der Waals surface area contributed by atoms with Crippen LogP contribution in [0.2, 0.25) is 0 Å². The Balaban J connectivity index is 2.50. The molecule has 1 aromatic heterocycles. The molecule has 0 saturated heterocycles. The van der Waals surface area contributed by atoms with E-state index in [1.807, 2.05) is 18.3 Å². The zero-order valence-electron chi connectivity index (χ0n) is 8.86. The van der Waals surface area contributed by atoms with Gasteiger partial charge in [0, 0.05) is 18.3 Å². The smallest absolute Gasteiger partial charge is 0.212 e. The maximum absolute atomic E-state index is 5.93. The van der Waals surface area contributed by atoms with E-state index in [2.05, 4.69) is 11.9 Å². The van der Waals surface area contributed by atoms with Crippen LogP contribution in [0.3, 0.4) is 0 Å². The average Bonchev–Trinajstić information content (AvgIpc) is 2.19. The Kier molecular flexibility index (Phi) is 4.40. The standard InChI is InChI=1S/C11H18N2O/c1-3-4-10(12)7-9-5-6-11(14-2)13-8-9/h5-6,8,10H,3-4,7,12H2,1-2H3. The summed E-state index contributed by atoms with van der Waals surface area (Å²) in [5.41, 5.74) is 7.10. The molecule has 0 aliphatic rings. The van der Waals surface area contributed by atoms with Gasteiger partial charge in [-0.2, -0.15) is 0 Å². The normalized spacial score (nSPS) is 12.5. The van der Waals surface area contributed by atoms with Crippen molar-refractivity contribution in [3.63, 3.8) is 0 Å². The molecule has 78 valence electrons. The van der Waals surface area contributed by atoms with E-state index in [0.717, 1.165) is 19.3 Å². The summed E-state index contributed by atoms with van der Waals surface area (Å²) >= 11 is 0. The minimum Gasteiger partial charge on any atom is -0.481 e. The molecule has 0 aliphatic carbocycles. The van der Waals surface area contributed by atoms with Crippen LogP contribution in [-0.4, -0.2) is 18.1 Å². The van der Waals surface area contributed by atoms with E-state index >= 15 is 0 Å². The van der Waals surface area contributed by atoms with Gasteiger partial charge < -0.3 is 10.5 Å². The van der Waals surface area contributed by atoms with E-state index in [0.29, 0.717) is 5.88 Å². The predicted molar refractivity (Wildman–Crippen MR) is 57.4 cm³/mol. The first-order valence-electron chi connectivity index (χ1n) is 5.00. The molecule has 1 aromatic rings. The zero-order valence-corrected chi connectivity index (χ0v) is 8.86. The first kappa shape index (κ1) is 11.0. The molecule has 1 rings (SSSR count). The molecule has 0 saturated carbocycles. The van der Waals surface area contributed by atoms with E-state index in [4.69, 9.17) is 10.5 Å². The highest BCUT2D eigenvalue weighted by Crippen LogP contribution is 2.09. The Morgan fingerprint density at radius 2 is 2.29 bits per heavy atom. The largest absolute Gasteiger partial charge is 0.481 e. The molecule has 0 aromatic carbocycles. The predicted octanol–water partition coefficient (Wildman–Crippen LogP) is 1.76. The Hall–Kier alpha value is -1.09. The number of hydrogen-bond acceptors (Lipinski definition) is 3. The molecule has 1 unspecified atom stereocenters. The number of methoxy groups -OCH3 is 1. The van der Waals surface area contributed by atoms with Crippen LogP contribution in [0.25, 0.3) is 0 Å². The van der Waals surface area contributed by atoms with Gasteiger partial charge in [0.05, 0.1) is 7.11 Å². The topological polar surface area (TPSA) is 48.1 Å². The number of ether oxygens (including phenoxy) is 1. The molecular formula is C11H18N2O. The van der Waals surface area contributed by atoms with E-state index < -0.39 is 0 Å². The molecule has 0 spiro atoms. The first-order chi connectivity index (χ1) is 6.76. The van der Waals surface area contributed by atoms with E-state index in [-0.39, 0.29) is 6.04 Å². The number of nitrogens with zero attached hydrogens (tertiary/aromatic N) is 1. The lowest BCUT2D eigenvalue weighted by Gasteiger charge is -2.09. The molecule has 0 radical (unpaired) electrons. The van der Waals surface area contributed by atoms with Gasteiger partial charge in [-0.1, -0.05) is 19.4 Å². The molecule has 3 nitrogen and oxygen atoms in total. The van der Waals surface area contributed by atoms with Crippen LogP contribution in [-0.2, 0) is 6.42 Å². The van der Waals surface area contributed by atoms with Crippen molar-refractivity contribution in [3.05, 3.63) is 23.9 Å². The molecule has 0 bridgehead atoms. The van der Waals surface area contributed by atoms with Gasteiger partial charge in [0.15, 0.2) is 0 Å². The first-order valence-corrected chi connectivity index (χ1v) is 5.00. The summed E-state index contributed by atoms with van der Waals surface area (Å²) < 4.78 is 4.98. The minimum absolute atomic E-state index is 0.246. The van der Waals surface area contributed by atoms with E-state index in [1.165, 1.54) is 5.56 Å². The maximum Gasteiger partial charge on any atom is 0.212 e. The molecule has 0 amide bonds. The van der Waals surface area contributed by atoms with Gasteiger partial charge in [-0.25, -0.2) is 4.98 Å². The van der Waals surface area contributed by atoms with Crippen LogP contribution >= 0.6 is 0 Å². The average molecular weight is 194 g/mol. The Bertz CT molecular complexity index is 258. The Labute approximate surface area is 85.3 Å². The van der Waals surface area contributed by atoms with Gasteiger partial charge in [0.25, 0.3) is 0 Å². The fourth-order valence-corrected chi connectivity index (χ4v) is 1.43. The lowest BCUT2D eigenvalue weighted by atomic mass is 10.0. The van der Waals surface area contributed by atoms with E-state index in [1.54, 1.807) is 7.11 Å². The van der Waals surface area contributed by atoms with Gasteiger partial charge in [-0.3, -0.25) is 0 Å². The highest BCUT2D eigenvalue weighted by Gasteiger charge is 2.03. The van der Waals surface area contributed by atoms with Crippen molar-refractivity contribution in [1.29, 1.82) is 0 Å². The van der Waals surface area contributed by atoms with Gasteiger partial charge in [-0.15, -0.1) is 0 Å². The lowest BCUT2D eigenvalue weighted by Crippen LogP contribution is -2.22. The number of nitrogens with two attached hydrogens (primary N) is 1. The molecule has 2 N–H and O–H groups in total. The summed E-state index contributed by atoms with van der Waals surface area (Å²) in [5, 5.41) is 0. The molecule has 1 heterocycles. The second kappa shape index (κ2) is 5.60. The van der Waals surface area contributed by atoms with Crippen molar-refractivity contribution in [2.24, 2.45) is 5.73 Å². The maximum atomic E-state index is 5.93. The molecule has 14 heavy (non-hydrogen) atoms. The Morgan fingerprint density at radius 1 is 1.50 bits per heavy atom. The highest BCUT2D eigenvalue weighted by atomic mass is 16.5. The van der Waals surface area contributed by atoms with Crippen molar-refractivity contribution in [3.8, 4) is 5.88 Å². The number of rotatable bonds is 5. The van der Waals surface area contributed by atoms with Crippen LogP contribution in [0.1, 0.15) is 25.3 Å². The van der Waals surface area contributed by atoms with Crippen LogP contribution < -0.4 is 10.5 Å². The molecule has 1 atom stereocenters. The van der Waals surface area contributed by atoms with Crippen molar-refractivity contribution < 1.29 is 4.74 Å². The third-order valence-corrected chi connectivity index (χ3v) is 2.16. The van der Waals surface area contributed by atoms with Crippen molar-refractivity contribution in [2.75, 3.05) is 7.11 Å². The fraction of sp³-hybridized carbons (Fsp3) is 0.545. The van der Waals surface area contributed by atoms with Gasteiger partial charge in [0.1, 0.15) is 0 Å².